The molecule has 0 fully saturated rings. The van der Waals surface area contributed by atoms with E-state index in [1.807, 2.05) is 12.1 Å². The summed E-state index contributed by atoms with van der Waals surface area (Å²) >= 11 is 13.9. The average Bonchev–Trinajstić information content (AvgIpc) is 2.78. The number of thioether (sulfide) groups is 1. The fraction of sp³-hybridized carbons (Fsp3) is 0.235. The van der Waals surface area contributed by atoms with Gasteiger partial charge in [-0.3, -0.25) is 0 Å². The molecule has 3 nitrogen and oxygen atoms in total. The van der Waals surface area contributed by atoms with E-state index in [9.17, 15) is 5.11 Å². The Morgan fingerprint density at radius 2 is 1.78 bits per heavy atom. The second-order valence-corrected chi connectivity index (χ2v) is 7.37. The first-order chi connectivity index (χ1) is 11.0. The Hall–Kier alpha value is -1.20. The maximum atomic E-state index is 11.4. The lowest BCUT2D eigenvalue weighted by Gasteiger charge is -2.27. The first-order valence-electron chi connectivity index (χ1n) is 7.26. The summed E-state index contributed by atoms with van der Waals surface area (Å²) in [7, 11) is 0. The Labute approximate surface area is 149 Å². The molecule has 23 heavy (non-hydrogen) atoms. The number of hydrogen-bond donors (Lipinski definition) is 2. The standard InChI is InChI=1S/C17H16Cl2N2OS/c1-2-7-23-15-6-4-11(19)9-13(15)17(22)12-8-10(18)3-5-14(12)21-16(17)20/h3-6,8-9,22H,2,7H2,1H3,(H2,20,21). The number of amidine groups is 1. The number of benzene rings is 2. The molecule has 1 heterocycles. The van der Waals surface area contributed by atoms with Crippen molar-refractivity contribution in [3.63, 3.8) is 0 Å². The molecule has 2 aromatic rings. The van der Waals surface area contributed by atoms with Gasteiger partial charge >= 0.3 is 0 Å². The molecule has 120 valence electrons. The molecule has 1 unspecified atom stereocenters. The number of aliphatic hydroxyl groups is 1. The third-order valence-corrected chi connectivity index (χ3v) is 5.50. The third kappa shape index (κ3) is 2.85. The van der Waals surface area contributed by atoms with E-state index in [-0.39, 0.29) is 5.84 Å². The molecular formula is C17H16Cl2N2OS. The lowest BCUT2D eigenvalue weighted by atomic mass is 9.86. The normalized spacial score (nSPS) is 19.6. The van der Waals surface area contributed by atoms with Gasteiger partial charge in [0.2, 0.25) is 0 Å². The van der Waals surface area contributed by atoms with Crippen LogP contribution in [0.1, 0.15) is 24.5 Å². The number of hydrogen-bond acceptors (Lipinski definition) is 4. The van der Waals surface area contributed by atoms with E-state index in [2.05, 4.69) is 11.9 Å². The predicted octanol–water partition coefficient (Wildman–Crippen LogP) is 4.73. The van der Waals surface area contributed by atoms with E-state index in [4.69, 9.17) is 28.9 Å². The number of aliphatic imine (C=N–C) groups is 1. The quantitative estimate of drug-likeness (QED) is 0.768. The molecule has 0 aromatic heterocycles. The number of fused-ring (bicyclic) bond motifs is 1. The fourth-order valence-electron chi connectivity index (χ4n) is 2.65. The van der Waals surface area contributed by atoms with Gasteiger partial charge in [-0.15, -0.1) is 11.8 Å². The molecule has 0 radical (unpaired) electrons. The van der Waals surface area contributed by atoms with Crippen LogP contribution in [0.5, 0.6) is 0 Å². The summed E-state index contributed by atoms with van der Waals surface area (Å²) in [5.41, 5.74) is 6.44. The van der Waals surface area contributed by atoms with Crippen LogP contribution in [-0.2, 0) is 5.60 Å². The summed E-state index contributed by atoms with van der Waals surface area (Å²) in [6.07, 6.45) is 1.02. The molecule has 1 aliphatic rings. The molecule has 2 aromatic carbocycles. The largest absolute Gasteiger partial charge is 0.384 e. The number of nitrogens with two attached hydrogens (primary N) is 1. The second-order valence-electron chi connectivity index (χ2n) is 5.36. The third-order valence-electron chi connectivity index (χ3n) is 3.75. The van der Waals surface area contributed by atoms with Crippen LogP contribution in [0.15, 0.2) is 46.3 Å². The highest BCUT2D eigenvalue weighted by atomic mass is 35.5. The van der Waals surface area contributed by atoms with E-state index in [1.165, 1.54) is 0 Å². The van der Waals surface area contributed by atoms with E-state index >= 15 is 0 Å². The zero-order valence-electron chi connectivity index (χ0n) is 12.5. The van der Waals surface area contributed by atoms with Gasteiger partial charge < -0.3 is 10.8 Å². The Balaban J connectivity index is 2.20. The molecule has 0 saturated heterocycles. The first-order valence-corrected chi connectivity index (χ1v) is 9.00. The van der Waals surface area contributed by atoms with Crippen LogP contribution in [0.2, 0.25) is 10.0 Å². The average molecular weight is 367 g/mol. The van der Waals surface area contributed by atoms with E-state index in [0.717, 1.165) is 17.1 Å². The van der Waals surface area contributed by atoms with Crippen molar-refractivity contribution in [2.24, 2.45) is 10.7 Å². The van der Waals surface area contributed by atoms with Crippen molar-refractivity contribution in [2.45, 2.75) is 23.8 Å². The number of nitrogens with zero attached hydrogens (tertiary/aromatic N) is 1. The maximum Gasteiger partial charge on any atom is 0.175 e. The molecule has 1 atom stereocenters. The van der Waals surface area contributed by atoms with Crippen LogP contribution >= 0.6 is 35.0 Å². The van der Waals surface area contributed by atoms with Gasteiger partial charge in [-0.2, -0.15) is 0 Å². The van der Waals surface area contributed by atoms with Crippen LogP contribution in [0, 0.1) is 0 Å². The van der Waals surface area contributed by atoms with Crippen molar-refractivity contribution in [1.82, 2.24) is 0 Å². The summed E-state index contributed by atoms with van der Waals surface area (Å²) in [5, 5.41) is 12.5. The van der Waals surface area contributed by atoms with Crippen molar-refractivity contribution in [2.75, 3.05) is 5.75 Å². The van der Waals surface area contributed by atoms with Crippen LogP contribution < -0.4 is 5.73 Å². The van der Waals surface area contributed by atoms with Crippen molar-refractivity contribution in [1.29, 1.82) is 0 Å². The minimum atomic E-state index is -1.51. The smallest absolute Gasteiger partial charge is 0.175 e. The van der Waals surface area contributed by atoms with Crippen molar-refractivity contribution in [3.8, 4) is 0 Å². The molecule has 3 N–H and O–H groups in total. The topological polar surface area (TPSA) is 58.6 Å². The summed E-state index contributed by atoms with van der Waals surface area (Å²) < 4.78 is 0. The SMILES string of the molecule is CCCSc1ccc(Cl)cc1C1(O)C(N)=Nc2ccc(Cl)cc21. The summed E-state index contributed by atoms with van der Waals surface area (Å²) in [6.45, 7) is 2.11. The van der Waals surface area contributed by atoms with Crippen LogP contribution in [0.4, 0.5) is 5.69 Å². The van der Waals surface area contributed by atoms with Crippen molar-refractivity contribution < 1.29 is 5.11 Å². The van der Waals surface area contributed by atoms with Gasteiger partial charge in [0, 0.05) is 26.1 Å². The Bertz CT molecular complexity index is 794. The first kappa shape index (κ1) is 16.7. The summed E-state index contributed by atoms with van der Waals surface area (Å²) in [5.74, 6) is 1.07. The molecule has 0 spiro atoms. The zero-order valence-corrected chi connectivity index (χ0v) is 14.8. The predicted molar refractivity (Wildman–Crippen MR) is 98.2 cm³/mol. The highest BCUT2D eigenvalue weighted by molar-refractivity contribution is 7.99. The van der Waals surface area contributed by atoms with Gasteiger partial charge in [-0.05, 0) is 48.6 Å². The van der Waals surface area contributed by atoms with Gasteiger partial charge in [0.15, 0.2) is 5.60 Å². The van der Waals surface area contributed by atoms with E-state index < -0.39 is 5.60 Å². The molecular weight excluding hydrogens is 351 g/mol. The molecule has 0 aliphatic carbocycles. The lowest BCUT2D eigenvalue weighted by molar-refractivity contribution is 0.155. The van der Waals surface area contributed by atoms with Crippen LogP contribution in [0.3, 0.4) is 0 Å². The summed E-state index contributed by atoms with van der Waals surface area (Å²) in [6, 6.07) is 10.7. The highest BCUT2D eigenvalue weighted by Gasteiger charge is 2.44. The zero-order chi connectivity index (χ0) is 16.6. The Kier molecular flexibility index (Phi) is 4.61. The highest BCUT2D eigenvalue weighted by Crippen LogP contribution is 2.46. The lowest BCUT2D eigenvalue weighted by Crippen LogP contribution is -2.40. The molecule has 1 aliphatic heterocycles. The second kappa shape index (κ2) is 6.36. The van der Waals surface area contributed by atoms with Gasteiger partial charge in [0.05, 0.1) is 5.69 Å². The molecule has 3 rings (SSSR count). The van der Waals surface area contributed by atoms with Crippen molar-refractivity contribution >= 4 is 46.5 Å². The van der Waals surface area contributed by atoms with Gasteiger partial charge in [-0.25, -0.2) is 4.99 Å². The molecule has 6 heteroatoms. The maximum absolute atomic E-state index is 11.4. The Morgan fingerprint density at radius 1 is 1.13 bits per heavy atom. The molecule has 0 amide bonds. The fourth-order valence-corrected chi connectivity index (χ4v) is 3.94. The van der Waals surface area contributed by atoms with Crippen LogP contribution in [0.25, 0.3) is 0 Å². The molecule has 0 saturated carbocycles. The number of halogens is 2. The summed E-state index contributed by atoms with van der Waals surface area (Å²) in [4.78, 5) is 5.24. The van der Waals surface area contributed by atoms with Crippen molar-refractivity contribution in [3.05, 3.63) is 57.6 Å². The Morgan fingerprint density at radius 3 is 2.48 bits per heavy atom. The monoisotopic (exact) mass is 366 g/mol. The van der Waals surface area contributed by atoms with Gasteiger partial charge in [0.25, 0.3) is 0 Å². The van der Waals surface area contributed by atoms with Gasteiger partial charge in [0.1, 0.15) is 5.84 Å². The minimum absolute atomic E-state index is 0.135. The van der Waals surface area contributed by atoms with E-state index in [1.54, 1.807) is 36.0 Å². The number of rotatable bonds is 4. The van der Waals surface area contributed by atoms with Crippen LogP contribution in [-0.4, -0.2) is 16.7 Å². The van der Waals surface area contributed by atoms with Gasteiger partial charge in [-0.1, -0.05) is 30.1 Å². The van der Waals surface area contributed by atoms with E-state index in [0.29, 0.717) is 26.9 Å². The minimum Gasteiger partial charge on any atom is -0.384 e. The molecule has 0 bridgehead atoms.